The molecule has 1 saturated heterocycles. The van der Waals surface area contributed by atoms with Crippen LogP contribution in [0.25, 0.3) is 0 Å². The fourth-order valence-electron chi connectivity index (χ4n) is 12.5. The molecule has 24 nitrogen and oxygen atoms in total. The van der Waals surface area contributed by atoms with Gasteiger partial charge in [-0.1, -0.05) is 154 Å². The zero-order valence-corrected chi connectivity index (χ0v) is 73.8. The van der Waals surface area contributed by atoms with Crippen LogP contribution in [0.2, 0.25) is 0 Å². The third-order valence-electron chi connectivity index (χ3n) is 19.5. The number of nitrogens with one attached hydrogen (secondary N) is 2. The molecule has 4 fully saturated rings. The molecule has 3 aliphatic carbocycles. The number of likely N-dealkylation sites (N-methyl/N-ethyl adjacent to an activating group) is 5. The minimum absolute atomic E-state index is 0.0113. The van der Waals surface area contributed by atoms with Crippen LogP contribution < -0.4 is 22.5 Å². The number of halogens is 8. The number of Topliss-reactive ketones (excluding diaryl/α,β-unsaturated/α-hetero) is 1. The highest BCUT2D eigenvalue weighted by atomic mass is 35.5. The second-order valence-corrected chi connectivity index (χ2v) is 31.7. The van der Waals surface area contributed by atoms with Gasteiger partial charge in [0.25, 0.3) is 11.1 Å². The molecule has 664 valence electrons. The standard InChI is InChI=1S/C21H25FN4O2S.2C15H21FN2O.2C9H11FN2O.C8H6ClFO.C6H5ClN2OS.C6H11NO/c1-25(19(27)14-15-8-10-16(22)11-9-15)26(17-6-4-3-5-7-17)20(28)18-12-13-23-21(24-18)29-2;2*1-18(17-14-5-3-2-4-6-14)15(19)11-12-7-9-13(16)10-8-12;2*1-12(11)9(13)6-7-2-4-8(10)5-3-7;9-8(11)5-6-1-3-7(10)4-2-6;1-11-6-8-3-2-4(9-6)5(7)10;1-7-4-2-6(8)3-5-7/h8-13,17H,3-7,14H2,1-2H3;2*7-10,14,17H,2-6,11H2,1H3;2*2-5H,6,11H2,1H3;1-4H,5H2;2-3H,1H3;2-5H2,1H3. The smallest absolute Gasteiger partial charge is 0.291 e. The summed E-state index contributed by atoms with van der Waals surface area (Å²) in [4.78, 5) is 122. The molecule has 3 heterocycles. The van der Waals surface area contributed by atoms with Crippen LogP contribution in [0.1, 0.15) is 164 Å². The molecule has 6 N–H and O–H groups in total. The number of nitrogens with zero attached hydrogens (tertiary/aromatic N) is 11. The molecular formula is C89H111Cl2F6N15O9S2. The molecule has 12 rings (SSSR count). The van der Waals surface area contributed by atoms with Gasteiger partial charge in [-0.2, -0.15) is 0 Å². The molecule has 0 atom stereocenters. The topological polar surface area (TPSA) is 304 Å². The van der Waals surface area contributed by atoms with Crippen molar-refractivity contribution in [3.8, 4) is 0 Å². The highest BCUT2D eigenvalue weighted by Gasteiger charge is 2.33. The van der Waals surface area contributed by atoms with Gasteiger partial charge in [-0.3, -0.25) is 68.2 Å². The van der Waals surface area contributed by atoms with Gasteiger partial charge in [0.1, 0.15) is 52.1 Å². The molecule has 0 radical (unpaired) electrons. The average Bonchev–Trinajstić information content (AvgIpc) is 0.807. The second-order valence-electron chi connectivity index (χ2n) is 29.3. The molecular weight excluding hydrogens is 1670 g/mol. The number of aromatic nitrogens is 4. The Morgan fingerprint density at radius 3 is 0.992 bits per heavy atom. The van der Waals surface area contributed by atoms with E-state index in [1.165, 1.54) is 178 Å². The normalized spacial score (nSPS) is 13.8. The summed E-state index contributed by atoms with van der Waals surface area (Å²) >= 11 is 13.0. The predicted octanol–water partition coefficient (Wildman–Crippen LogP) is 14.4. The number of benzene rings is 6. The first kappa shape index (κ1) is 104. The Bertz CT molecular complexity index is 4410. The van der Waals surface area contributed by atoms with Gasteiger partial charge >= 0.3 is 0 Å². The molecule has 4 aliphatic rings. The molecule has 2 aromatic heterocycles. The van der Waals surface area contributed by atoms with E-state index in [1.54, 1.807) is 109 Å². The van der Waals surface area contributed by atoms with Crippen LogP contribution >= 0.6 is 46.7 Å². The lowest BCUT2D eigenvalue weighted by Crippen LogP contribution is -2.54. The van der Waals surface area contributed by atoms with Gasteiger partial charge in [0.05, 0.1) is 38.1 Å². The Balaban J connectivity index is 0.000000258. The summed E-state index contributed by atoms with van der Waals surface area (Å²) in [5.74, 6) is 8.14. The molecule has 3 saturated carbocycles. The first-order valence-electron chi connectivity index (χ1n) is 40.2. The van der Waals surface area contributed by atoms with Crippen LogP contribution in [0.4, 0.5) is 26.3 Å². The molecule has 0 spiro atoms. The second kappa shape index (κ2) is 56.7. The van der Waals surface area contributed by atoms with Gasteiger partial charge in [0, 0.05) is 92.1 Å². The van der Waals surface area contributed by atoms with Crippen LogP contribution in [-0.2, 0) is 72.1 Å². The number of hydrazine groups is 5. The van der Waals surface area contributed by atoms with Crippen molar-refractivity contribution < 1.29 is 69.5 Å². The van der Waals surface area contributed by atoms with E-state index in [-0.39, 0.29) is 113 Å². The maximum atomic E-state index is 13.3. The van der Waals surface area contributed by atoms with E-state index in [9.17, 15) is 69.5 Å². The Kier molecular flexibility index (Phi) is 47.7. The Labute approximate surface area is 734 Å². The van der Waals surface area contributed by atoms with Crippen molar-refractivity contribution in [3.05, 3.63) is 250 Å². The third kappa shape index (κ3) is 41.8. The fraction of sp³-hybridized carbons (Fsp3) is 0.404. The van der Waals surface area contributed by atoms with E-state index in [0.717, 1.165) is 122 Å². The molecule has 1 aliphatic heterocycles. The molecule has 8 aromatic rings. The minimum Gasteiger partial charge on any atom is -0.305 e. The van der Waals surface area contributed by atoms with E-state index >= 15 is 0 Å². The summed E-state index contributed by atoms with van der Waals surface area (Å²) in [6.07, 6.45) is 26.5. The quantitative estimate of drug-likeness (QED) is 0.00988. The van der Waals surface area contributed by atoms with Crippen LogP contribution in [0.15, 0.2) is 180 Å². The monoisotopic (exact) mass is 1780 g/mol. The first-order valence-corrected chi connectivity index (χ1v) is 43.4. The first-order chi connectivity index (χ1) is 58.7. The van der Waals surface area contributed by atoms with Crippen molar-refractivity contribution in [1.29, 1.82) is 0 Å². The molecule has 0 bridgehead atoms. The van der Waals surface area contributed by atoms with Crippen molar-refractivity contribution in [1.82, 2.24) is 65.7 Å². The Hall–Kier alpha value is -10.0. The Morgan fingerprint density at radius 1 is 0.415 bits per heavy atom. The molecule has 6 aromatic carbocycles. The largest absolute Gasteiger partial charge is 0.305 e. The summed E-state index contributed by atoms with van der Waals surface area (Å²) in [6, 6.07) is 39.0. The number of rotatable bonds is 21. The number of nitrogens with two attached hydrogens (primary N) is 2. The van der Waals surface area contributed by atoms with Gasteiger partial charge in [-0.25, -0.2) is 73.8 Å². The maximum absolute atomic E-state index is 13.3. The van der Waals surface area contributed by atoms with Crippen LogP contribution in [0.3, 0.4) is 0 Å². The number of carbonyl (C=O) groups excluding carboxylic acids is 9. The van der Waals surface area contributed by atoms with E-state index in [1.807, 2.05) is 19.6 Å². The lowest BCUT2D eigenvalue weighted by Gasteiger charge is -2.39. The Morgan fingerprint density at radius 2 is 0.699 bits per heavy atom. The molecule has 123 heavy (non-hydrogen) atoms. The van der Waals surface area contributed by atoms with E-state index < -0.39 is 10.5 Å². The molecule has 34 heteroatoms. The summed E-state index contributed by atoms with van der Waals surface area (Å²) in [5, 5.41) is 8.24. The number of hydrogen-bond donors (Lipinski definition) is 4. The summed E-state index contributed by atoms with van der Waals surface area (Å²) < 4.78 is 75.9. The van der Waals surface area contributed by atoms with Gasteiger partial charge in [0.2, 0.25) is 34.8 Å². The fourth-order valence-corrected chi connectivity index (χ4v) is 13.5. The lowest BCUT2D eigenvalue weighted by molar-refractivity contribution is -0.145. The number of amides is 6. The van der Waals surface area contributed by atoms with Crippen molar-refractivity contribution in [2.24, 2.45) is 11.7 Å². The zero-order valence-electron chi connectivity index (χ0n) is 70.7. The van der Waals surface area contributed by atoms with Gasteiger partial charge in [-0.15, -0.1) is 0 Å². The minimum atomic E-state index is -0.553. The van der Waals surface area contributed by atoms with E-state index in [0.29, 0.717) is 46.6 Å². The van der Waals surface area contributed by atoms with E-state index in [2.05, 4.69) is 35.7 Å². The number of thioether (sulfide) groups is 2. The predicted molar refractivity (Wildman–Crippen MR) is 466 cm³/mol. The van der Waals surface area contributed by atoms with Crippen LogP contribution in [0.5, 0.6) is 0 Å². The van der Waals surface area contributed by atoms with Crippen LogP contribution in [0, 0.1) is 34.9 Å². The van der Waals surface area contributed by atoms with Crippen molar-refractivity contribution in [2.45, 2.75) is 176 Å². The van der Waals surface area contributed by atoms with Crippen LogP contribution in [-0.4, -0.2) is 193 Å². The SMILES string of the molecule is CN(N)C(=O)Cc1ccc(F)cc1.CN(N)C(=O)Cc1ccc(F)cc1.CN(NC1CCCCC1)C(=O)Cc1ccc(F)cc1.CN(NC1CCCCC1)C(=O)Cc1ccc(F)cc1.CN1CCC(=O)CC1.CSc1nccc(C(=O)Cl)n1.CSc1nccc(C(=O)N(C2CCCCC2)N(C)C(=O)Cc2ccc(F)cc2)n1.O=C(Cl)Cc1ccc(F)cc1. The molecule has 6 amide bonds. The number of piperidine rings is 1. The summed E-state index contributed by atoms with van der Waals surface area (Å²) in [7, 11) is 10.2. The summed E-state index contributed by atoms with van der Waals surface area (Å²) in [5.41, 5.74) is 11.6. The number of carbonyl (C=O) groups is 9. The average molecular weight is 1780 g/mol. The number of ketones is 1. The zero-order chi connectivity index (χ0) is 90.3. The lowest BCUT2D eigenvalue weighted by atomic mass is 9.94. The third-order valence-corrected chi connectivity index (χ3v) is 21.0. The van der Waals surface area contributed by atoms with Gasteiger partial charge in [0.15, 0.2) is 10.3 Å². The summed E-state index contributed by atoms with van der Waals surface area (Å²) in [6.45, 7) is 1.91. The van der Waals surface area contributed by atoms with Gasteiger partial charge in [-0.05, 0) is 200 Å². The number of likely N-dealkylation sites (tertiary alicyclic amines) is 1. The van der Waals surface area contributed by atoms with Crippen molar-refractivity contribution >= 4 is 98.4 Å². The highest BCUT2D eigenvalue weighted by molar-refractivity contribution is 7.98. The highest BCUT2D eigenvalue weighted by Crippen LogP contribution is 2.27. The van der Waals surface area contributed by atoms with E-state index in [4.69, 9.17) is 34.9 Å². The molecule has 0 unspecified atom stereocenters. The van der Waals surface area contributed by atoms with Crippen molar-refractivity contribution in [2.75, 3.05) is 67.9 Å². The maximum Gasteiger partial charge on any atom is 0.291 e. The van der Waals surface area contributed by atoms with Crippen molar-refractivity contribution in [3.63, 3.8) is 0 Å². The van der Waals surface area contributed by atoms with Gasteiger partial charge < -0.3 is 4.90 Å². The number of hydrogen-bond acceptors (Lipinski definition) is 20.